The Kier molecular flexibility index (Phi) is 4.42. The normalized spacial score (nSPS) is 14.8. The number of aromatic nitrogens is 3. The summed E-state index contributed by atoms with van der Waals surface area (Å²) in [5, 5.41) is 0. The standard InChI is InChI=1S/C21H20FN5O4/c1-10(19(23)28)30-11-8-13-18-15(9-11)29-7-3-2-6-27(18)20(25-13)12-4-5-14-17(16(12)22)26-21(24)31-14/h4-5,8-10H,2-3,6-7H2,1H3,(H2,23,28)(H2,24,26). The Morgan fingerprint density at radius 1 is 1.29 bits per heavy atom. The number of amides is 1. The molecule has 160 valence electrons. The number of nitrogens with zero attached hydrogens (tertiary/aromatic N) is 3. The molecule has 0 spiro atoms. The van der Waals surface area contributed by atoms with E-state index in [4.69, 9.17) is 25.4 Å². The van der Waals surface area contributed by atoms with Crippen LogP contribution >= 0.6 is 0 Å². The molecule has 0 radical (unpaired) electrons. The van der Waals surface area contributed by atoms with Crippen molar-refractivity contribution in [2.24, 2.45) is 5.73 Å². The quantitative estimate of drug-likeness (QED) is 0.514. The van der Waals surface area contributed by atoms with Gasteiger partial charge < -0.3 is 29.9 Å². The van der Waals surface area contributed by atoms with E-state index in [0.29, 0.717) is 36.0 Å². The second kappa shape index (κ2) is 7.15. The summed E-state index contributed by atoms with van der Waals surface area (Å²) in [6.45, 7) is 2.73. The molecule has 1 amide bonds. The number of nitrogen functional groups attached to an aromatic ring is 1. The summed E-state index contributed by atoms with van der Waals surface area (Å²) in [7, 11) is 0. The van der Waals surface area contributed by atoms with Gasteiger partial charge >= 0.3 is 0 Å². The van der Waals surface area contributed by atoms with Crippen LogP contribution in [0.3, 0.4) is 0 Å². The fraction of sp³-hybridized carbons (Fsp3) is 0.286. The highest BCUT2D eigenvalue weighted by molar-refractivity contribution is 5.89. The Hall–Kier alpha value is -3.82. The first kappa shape index (κ1) is 19.2. The second-order valence-electron chi connectivity index (χ2n) is 7.42. The van der Waals surface area contributed by atoms with Crippen LogP contribution in [0.4, 0.5) is 10.4 Å². The summed E-state index contributed by atoms with van der Waals surface area (Å²) in [6, 6.07) is 6.50. The number of hydrogen-bond acceptors (Lipinski definition) is 7. The molecule has 0 fully saturated rings. The third-order valence-electron chi connectivity index (χ3n) is 5.28. The molecule has 4 aromatic rings. The van der Waals surface area contributed by atoms with Gasteiger partial charge in [0.25, 0.3) is 11.9 Å². The molecule has 5 rings (SSSR count). The van der Waals surface area contributed by atoms with Crippen molar-refractivity contribution in [2.75, 3.05) is 12.3 Å². The molecular formula is C21H20FN5O4. The number of carbonyl (C=O) groups is 1. The van der Waals surface area contributed by atoms with E-state index in [1.54, 1.807) is 31.2 Å². The number of oxazole rings is 1. The highest BCUT2D eigenvalue weighted by atomic mass is 19.1. The first-order valence-corrected chi connectivity index (χ1v) is 9.90. The fourth-order valence-electron chi connectivity index (χ4n) is 3.77. The van der Waals surface area contributed by atoms with Crippen LogP contribution in [0.1, 0.15) is 19.8 Å². The zero-order valence-electron chi connectivity index (χ0n) is 16.7. The number of anilines is 1. The van der Waals surface area contributed by atoms with Crippen molar-refractivity contribution in [1.82, 2.24) is 14.5 Å². The fourth-order valence-corrected chi connectivity index (χ4v) is 3.77. The van der Waals surface area contributed by atoms with E-state index in [-0.39, 0.29) is 22.7 Å². The van der Waals surface area contributed by atoms with E-state index in [1.165, 1.54) is 0 Å². The molecule has 2 aromatic heterocycles. The molecule has 0 aliphatic carbocycles. The van der Waals surface area contributed by atoms with Crippen LogP contribution in [0, 0.1) is 5.82 Å². The second-order valence-corrected chi connectivity index (χ2v) is 7.42. The van der Waals surface area contributed by atoms with E-state index in [9.17, 15) is 4.79 Å². The molecule has 3 heterocycles. The van der Waals surface area contributed by atoms with Gasteiger partial charge in [-0.15, -0.1) is 0 Å². The number of aryl methyl sites for hydroxylation is 1. The van der Waals surface area contributed by atoms with Crippen LogP contribution < -0.4 is 20.9 Å². The van der Waals surface area contributed by atoms with Crippen LogP contribution in [0.25, 0.3) is 33.5 Å². The van der Waals surface area contributed by atoms with E-state index in [0.717, 1.165) is 18.4 Å². The Balaban J connectivity index is 1.72. The number of fused-ring (bicyclic) bond motifs is 1. The molecule has 1 aliphatic heterocycles. The lowest BCUT2D eigenvalue weighted by atomic mass is 10.1. The summed E-state index contributed by atoms with van der Waals surface area (Å²) in [5.41, 5.74) is 12.8. The Labute approximate surface area is 175 Å². The van der Waals surface area contributed by atoms with Gasteiger partial charge in [-0.25, -0.2) is 9.37 Å². The van der Waals surface area contributed by atoms with E-state index < -0.39 is 17.8 Å². The molecule has 1 aliphatic rings. The average Bonchev–Trinajstić information content (AvgIpc) is 3.26. The molecule has 0 saturated carbocycles. The minimum Gasteiger partial charge on any atom is -0.491 e. The zero-order chi connectivity index (χ0) is 21.7. The van der Waals surface area contributed by atoms with Crippen molar-refractivity contribution >= 4 is 34.1 Å². The molecule has 1 atom stereocenters. The molecule has 9 nitrogen and oxygen atoms in total. The van der Waals surface area contributed by atoms with Gasteiger partial charge in [-0.2, -0.15) is 4.98 Å². The number of nitrogens with two attached hydrogens (primary N) is 2. The summed E-state index contributed by atoms with van der Waals surface area (Å²) in [5.74, 6) is 0.230. The lowest BCUT2D eigenvalue weighted by Gasteiger charge is -2.18. The Morgan fingerprint density at radius 2 is 2.13 bits per heavy atom. The number of carbonyl (C=O) groups excluding carboxylic acids is 1. The van der Waals surface area contributed by atoms with Crippen LogP contribution in [0.2, 0.25) is 0 Å². The van der Waals surface area contributed by atoms with Crippen molar-refractivity contribution in [1.29, 1.82) is 0 Å². The van der Waals surface area contributed by atoms with E-state index >= 15 is 4.39 Å². The first-order valence-electron chi connectivity index (χ1n) is 9.90. The predicted molar refractivity (Wildman–Crippen MR) is 111 cm³/mol. The number of halogens is 1. The Morgan fingerprint density at radius 3 is 2.94 bits per heavy atom. The minimum absolute atomic E-state index is 0.0523. The van der Waals surface area contributed by atoms with Crippen molar-refractivity contribution in [3.8, 4) is 22.9 Å². The van der Waals surface area contributed by atoms with Crippen LogP contribution in [0.5, 0.6) is 11.5 Å². The molecule has 0 bridgehead atoms. The number of rotatable bonds is 4. The van der Waals surface area contributed by atoms with Gasteiger partial charge in [0, 0.05) is 18.7 Å². The molecule has 2 aromatic carbocycles. The summed E-state index contributed by atoms with van der Waals surface area (Å²) in [6.07, 6.45) is 0.843. The third-order valence-corrected chi connectivity index (χ3v) is 5.28. The van der Waals surface area contributed by atoms with Crippen LogP contribution in [0.15, 0.2) is 28.7 Å². The van der Waals surface area contributed by atoms with E-state index in [2.05, 4.69) is 9.97 Å². The highest BCUT2D eigenvalue weighted by Gasteiger charge is 2.24. The van der Waals surface area contributed by atoms with Crippen molar-refractivity contribution in [3.05, 3.63) is 30.1 Å². The molecule has 0 saturated heterocycles. The molecule has 1 unspecified atom stereocenters. The van der Waals surface area contributed by atoms with Gasteiger partial charge in [-0.3, -0.25) is 4.79 Å². The topological polar surface area (TPSA) is 131 Å². The number of ether oxygens (including phenoxy) is 2. The summed E-state index contributed by atoms with van der Waals surface area (Å²) in [4.78, 5) is 20.0. The first-order chi connectivity index (χ1) is 14.9. The predicted octanol–water partition coefficient (Wildman–Crippen LogP) is 2.99. The van der Waals surface area contributed by atoms with Crippen molar-refractivity contribution in [2.45, 2.75) is 32.4 Å². The van der Waals surface area contributed by atoms with Gasteiger partial charge in [0.15, 0.2) is 17.5 Å². The maximum absolute atomic E-state index is 15.3. The lowest BCUT2D eigenvalue weighted by molar-refractivity contribution is -0.123. The number of benzene rings is 2. The summed E-state index contributed by atoms with van der Waals surface area (Å²) < 4.78 is 34.1. The monoisotopic (exact) mass is 425 g/mol. The number of imidazole rings is 1. The van der Waals surface area contributed by atoms with E-state index in [1.807, 2.05) is 4.57 Å². The SMILES string of the molecule is CC(Oc1cc2c3c(c1)nc(-c1ccc4oc(N)nc4c1F)n3CCCCO2)C(N)=O. The lowest BCUT2D eigenvalue weighted by Crippen LogP contribution is -2.30. The smallest absolute Gasteiger partial charge is 0.293 e. The Bertz CT molecular complexity index is 1330. The maximum atomic E-state index is 15.3. The van der Waals surface area contributed by atoms with Gasteiger partial charge in [-0.05, 0) is 31.9 Å². The van der Waals surface area contributed by atoms with Crippen molar-refractivity contribution < 1.29 is 23.1 Å². The largest absolute Gasteiger partial charge is 0.491 e. The maximum Gasteiger partial charge on any atom is 0.293 e. The van der Waals surface area contributed by atoms with Gasteiger partial charge in [0.1, 0.15) is 28.4 Å². The van der Waals surface area contributed by atoms with Gasteiger partial charge in [0.05, 0.1) is 17.7 Å². The average molecular weight is 425 g/mol. The van der Waals surface area contributed by atoms with Crippen LogP contribution in [-0.2, 0) is 11.3 Å². The zero-order valence-corrected chi connectivity index (χ0v) is 16.7. The van der Waals surface area contributed by atoms with Crippen molar-refractivity contribution in [3.63, 3.8) is 0 Å². The molecule has 31 heavy (non-hydrogen) atoms. The molecule has 4 N–H and O–H groups in total. The van der Waals surface area contributed by atoms with Gasteiger partial charge in [-0.1, -0.05) is 0 Å². The molecule has 10 heteroatoms. The highest BCUT2D eigenvalue weighted by Crippen LogP contribution is 2.38. The molecular weight excluding hydrogens is 405 g/mol. The number of primary amides is 1. The summed E-state index contributed by atoms with van der Waals surface area (Å²) >= 11 is 0. The van der Waals surface area contributed by atoms with Crippen LogP contribution in [-0.4, -0.2) is 33.2 Å². The third kappa shape index (κ3) is 3.20. The minimum atomic E-state index is -0.822. The van der Waals surface area contributed by atoms with Gasteiger partial charge in [0.2, 0.25) is 0 Å². The number of hydrogen-bond donors (Lipinski definition) is 2.